The fourth-order valence-electron chi connectivity index (χ4n) is 1.38. The summed E-state index contributed by atoms with van der Waals surface area (Å²) in [4.78, 5) is 10.9. The topological polar surface area (TPSA) is 55.1 Å². The van der Waals surface area contributed by atoms with Gasteiger partial charge in [0.1, 0.15) is 0 Å². The standard InChI is InChI=1S/C8H14N2O/c9-8(11)7(5-1-2-5)10-6-3-4-6/h5-7,10H,1-4H2,(H2,9,11). The van der Waals surface area contributed by atoms with Crippen LogP contribution < -0.4 is 11.1 Å². The Morgan fingerprint density at radius 2 is 2.00 bits per heavy atom. The van der Waals surface area contributed by atoms with Gasteiger partial charge in [-0.1, -0.05) is 0 Å². The maximum Gasteiger partial charge on any atom is 0.234 e. The normalized spacial score (nSPS) is 26.5. The summed E-state index contributed by atoms with van der Waals surface area (Å²) in [7, 11) is 0. The monoisotopic (exact) mass is 154 g/mol. The van der Waals surface area contributed by atoms with Gasteiger partial charge in [-0.15, -0.1) is 0 Å². The van der Waals surface area contributed by atoms with Gasteiger partial charge in [-0.2, -0.15) is 0 Å². The van der Waals surface area contributed by atoms with Crippen molar-refractivity contribution < 1.29 is 4.79 Å². The van der Waals surface area contributed by atoms with Crippen molar-refractivity contribution in [1.29, 1.82) is 0 Å². The van der Waals surface area contributed by atoms with Crippen molar-refractivity contribution in [3.63, 3.8) is 0 Å². The van der Waals surface area contributed by atoms with Crippen LogP contribution in [-0.2, 0) is 4.79 Å². The highest BCUT2D eigenvalue weighted by Gasteiger charge is 2.38. The number of nitrogens with one attached hydrogen (secondary N) is 1. The van der Waals surface area contributed by atoms with Crippen molar-refractivity contribution in [2.75, 3.05) is 0 Å². The molecule has 0 aliphatic heterocycles. The SMILES string of the molecule is NC(=O)C(NC1CC1)C1CC1. The predicted octanol–water partition coefficient (Wildman–Crippen LogP) is 0.00230. The highest BCUT2D eigenvalue weighted by atomic mass is 16.1. The lowest BCUT2D eigenvalue weighted by molar-refractivity contribution is -0.120. The van der Waals surface area contributed by atoms with Crippen molar-refractivity contribution in [2.45, 2.75) is 37.8 Å². The van der Waals surface area contributed by atoms with Gasteiger partial charge in [0.25, 0.3) is 0 Å². The molecule has 2 saturated carbocycles. The van der Waals surface area contributed by atoms with E-state index in [9.17, 15) is 4.79 Å². The van der Waals surface area contributed by atoms with Crippen molar-refractivity contribution in [3.8, 4) is 0 Å². The second-order valence-corrected chi connectivity index (χ2v) is 3.66. The molecule has 0 aromatic heterocycles. The molecule has 0 radical (unpaired) electrons. The van der Waals surface area contributed by atoms with Crippen LogP contribution in [0.25, 0.3) is 0 Å². The molecule has 0 spiro atoms. The van der Waals surface area contributed by atoms with E-state index in [2.05, 4.69) is 5.32 Å². The van der Waals surface area contributed by atoms with Gasteiger partial charge in [-0.25, -0.2) is 0 Å². The lowest BCUT2D eigenvalue weighted by atomic mass is 10.2. The fraction of sp³-hybridized carbons (Fsp3) is 0.875. The van der Waals surface area contributed by atoms with Crippen molar-refractivity contribution in [1.82, 2.24) is 5.32 Å². The molecule has 3 nitrogen and oxygen atoms in total. The molecule has 0 heterocycles. The summed E-state index contributed by atoms with van der Waals surface area (Å²) in [6.45, 7) is 0. The Balaban J connectivity index is 1.85. The van der Waals surface area contributed by atoms with Gasteiger partial charge in [-0.3, -0.25) is 4.79 Å². The zero-order valence-electron chi connectivity index (χ0n) is 6.55. The van der Waals surface area contributed by atoms with Crippen LogP contribution in [0.3, 0.4) is 0 Å². The molecule has 0 aromatic rings. The van der Waals surface area contributed by atoms with Crippen LogP contribution >= 0.6 is 0 Å². The molecule has 1 atom stereocenters. The van der Waals surface area contributed by atoms with Crippen LogP contribution in [0.1, 0.15) is 25.7 Å². The highest BCUT2D eigenvalue weighted by Crippen LogP contribution is 2.34. The predicted molar refractivity (Wildman–Crippen MR) is 41.9 cm³/mol. The molecule has 2 aliphatic carbocycles. The average molecular weight is 154 g/mol. The van der Waals surface area contributed by atoms with Gasteiger partial charge in [-0.05, 0) is 31.6 Å². The Morgan fingerprint density at radius 1 is 1.36 bits per heavy atom. The molecule has 2 rings (SSSR count). The summed E-state index contributed by atoms with van der Waals surface area (Å²) < 4.78 is 0. The first-order valence-electron chi connectivity index (χ1n) is 4.33. The number of carbonyl (C=O) groups excluding carboxylic acids is 1. The van der Waals surface area contributed by atoms with Crippen LogP contribution in [0.5, 0.6) is 0 Å². The van der Waals surface area contributed by atoms with E-state index in [0.717, 1.165) is 0 Å². The van der Waals surface area contributed by atoms with Crippen molar-refractivity contribution in [3.05, 3.63) is 0 Å². The van der Waals surface area contributed by atoms with Crippen LogP contribution in [0.2, 0.25) is 0 Å². The molecular formula is C8H14N2O. The van der Waals surface area contributed by atoms with Gasteiger partial charge in [0.15, 0.2) is 0 Å². The van der Waals surface area contributed by atoms with E-state index >= 15 is 0 Å². The molecule has 2 aliphatic rings. The van der Waals surface area contributed by atoms with E-state index in [1.807, 2.05) is 0 Å². The minimum absolute atomic E-state index is 0.0255. The third-order valence-electron chi connectivity index (χ3n) is 2.39. The fourth-order valence-corrected chi connectivity index (χ4v) is 1.38. The average Bonchev–Trinajstić information content (AvgIpc) is 2.78. The first-order chi connectivity index (χ1) is 5.27. The quantitative estimate of drug-likeness (QED) is 0.599. The maximum atomic E-state index is 10.9. The number of rotatable bonds is 4. The van der Waals surface area contributed by atoms with Crippen LogP contribution in [0.15, 0.2) is 0 Å². The molecule has 3 heteroatoms. The Kier molecular flexibility index (Phi) is 1.60. The number of carbonyl (C=O) groups is 1. The van der Waals surface area contributed by atoms with E-state index in [-0.39, 0.29) is 11.9 Å². The number of primary amides is 1. The zero-order valence-corrected chi connectivity index (χ0v) is 6.55. The minimum Gasteiger partial charge on any atom is -0.368 e. The number of hydrogen-bond donors (Lipinski definition) is 2. The summed E-state index contributed by atoms with van der Waals surface area (Å²) in [5.41, 5.74) is 5.25. The van der Waals surface area contributed by atoms with Crippen LogP contribution in [0, 0.1) is 5.92 Å². The van der Waals surface area contributed by atoms with Gasteiger partial charge in [0.05, 0.1) is 6.04 Å². The van der Waals surface area contributed by atoms with E-state index in [4.69, 9.17) is 5.73 Å². The molecule has 0 aromatic carbocycles. The largest absolute Gasteiger partial charge is 0.368 e. The summed E-state index contributed by atoms with van der Waals surface area (Å²) >= 11 is 0. The maximum absolute atomic E-state index is 10.9. The van der Waals surface area contributed by atoms with E-state index in [0.29, 0.717) is 12.0 Å². The number of nitrogens with two attached hydrogens (primary N) is 1. The zero-order chi connectivity index (χ0) is 7.84. The lowest BCUT2D eigenvalue weighted by Gasteiger charge is -2.12. The Morgan fingerprint density at radius 3 is 2.36 bits per heavy atom. The van der Waals surface area contributed by atoms with Crippen molar-refractivity contribution in [2.24, 2.45) is 11.7 Å². The molecule has 11 heavy (non-hydrogen) atoms. The first kappa shape index (κ1) is 7.10. The van der Waals surface area contributed by atoms with E-state index in [1.54, 1.807) is 0 Å². The minimum atomic E-state index is -0.167. The molecule has 3 N–H and O–H groups in total. The third kappa shape index (κ3) is 1.71. The smallest absolute Gasteiger partial charge is 0.234 e. The first-order valence-corrected chi connectivity index (χ1v) is 4.33. The molecule has 0 saturated heterocycles. The summed E-state index contributed by atoms with van der Waals surface area (Å²) in [5, 5.41) is 3.28. The Bertz CT molecular complexity index is 173. The summed E-state index contributed by atoms with van der Waals surface area (Å²) in [5.74, 6) is 0.382. The van der Waals surface area contributed by atoms with E-state index in [1.165, 1.54) is 25.7 Å². The second-order valence-electron chi connectivity index (χ2n) is 3.66. The number of amides is 1. The molecule has 1 amide bonds. The van der Waals surface area contributed by atoms with Crippen LogP contribution in [-0.4, -0.2) is 18.0 Å². The third-order valence-corrected chi connectivity index (χ3v) is 2.39. The van der Waals surface area contributed by atoms with Crippen LogP contribution in [0.4, 0.5) is 0 Å². The summed E-state index contributed by atoms with van der Waals surface area (Å²) in [6, 6.07) is 0.565. The van der Waals surface area contributed by atoms with Gasteiger partial charge in [0, 0.05) is 6.04 Å². The highest BCUT2D eigenvalue weighted by molar-refractivity contribution is 5.80. The second kappa shape index (κ2) is 2.48. The van der Waals surface area contributed by atoms with Crippen molar-refractivity contribution >= 4 is 5.91 Å². The van der Waals surface area contributed by atoms with Gasteiger partial charge in [0.2, 0.25) is 5.91 Å². The molecular weight excluding hydrogens is 140 g/mol. The lowest BCUT2D eigenvalue weighted by Crippen LogP contribution is -2.43. The van der Waals surface area contributed by atoms with Gasteiger partial charge >= 0.3 is 0 Å². The molecule has 62 valence electrons. The summed E-state index contributed by atoms with van der Waals surface area (Å²) in [6.07, 6.45) is 4.79. The Hall–Kier alpha value is -0.570. The van der Waals surface area contributed by atoms with E-state index < -0.39 is 0 Å². The van der Waals surface area contributed by atoms with Gasteiger partial charge < -0.3 is 11.1 Å². The molecule has 1 unspecified atom stereocenters. The Labute approximate surface area is 66.3 Å². The number of hydrogen-bond acceptors (Lipinski definition) is 2. The molecule has 2 fully saturated rings. The molecule has 0 bridgehead atoms.